The summed E-state index contributed by atoms with van der Waals surface area (Å²) in [5.41, 5.74) is 3.53. The normalized spacial score (nSPS) is 14.5. The Bertz CT molecular complexity index is 2240. The van der Waals surface area contributed by atoms with Crippen LogP contribution < -0.4 is 29.1 Å². The first-order valence-corrected chi connectivity index (χ1v) is 15.0. The molecular formula is C36H29N3O5S. The van der Waals surface area contributed by atoms with Crippen molar-refractivity contribution in [2.24, 2.45) is 4.99 Å². The molecular weight excluding hydrogens is 586 g/mol. The van der Waals surface area contributed by atoms with Crippen molar-refractivity contribution in [1.29, 1.82) is 5.26 Å². The van der Waals surface area contributed by atoms with E-state index < -0.39 is 6.04 Å². The molecule has 1 aliphatic heterocycles. The highest BCUT2D eigenvalue weighted by molar-refractivity contribution is 7.07. The van der Waals surface area contributed by atoms with Gasteiger partial charge in [-0.1, -0.05) is 65.9 Å². The van der Waals surface area contributed by atoms with Crippen LogP contribution in [0.1, 0.15) is 42.1 Å². The maximum atomic E-state index is 14.2. The molecule has 6 rings (SSSR count). The summed E-state index contributed by atoms with van der Waals surface area (Å²) in [4.78, 5) is 32.5. The van der Waals surface area contributed by atoms with Crippen LogP contribution in [0, 0.1) is 11.3 Å². The van der Waals surface area contributed by atoms with E-state index in [2.05, 4.69) is 6.07 Å². The molecule has 0 N–H and O–H groups in total. The fourth-order valence-corrected chi connectivity index (χ4v) is 6.78. The molecule has 45 heavy (non-hydrogen) atoms. The minimum absolute atomic E-state index is 0.164. The van der Waals surface area contributed by atoms with Gasteiger partial charge in [0.1, 0.15) is 12.4 Å². The Labute approximate surface area is 263 Å². The van der Waals surface area contributed by atoms with Gasteiger partial charge < -0.3 is 14.2 Å². The number of nitrogens with zero attached hydrogens (tertiary/aromatic N) is 3. The zero-order valence-electron chi connectivity index (χ0n) is 25.2. The quantitative estimate of drug-likeness (QED) is 0.230. The van der Waals surface area contributed by atoms with Gasteiger partial charge >= 0.3 is 0 Å². The van der Waals surface area contributed by atoms with Crippen LogP contribution in [0.4, 0.5) is 0 Å². The Morgan fingerprint density at radius 3 is 2.49 bits per heavy atom. The highest BCUT2D eigenvalue weighted by Gasteiger charge is 2.33. The number of thiazole rings is 1. The Balaban J connectivity index is 1.46. The van der Waals surface area contributed by atoms with Crippen LogP contribution in [0.2, 0.25) is 0 Å². The minimum atomic E-state index is -0.719. The first-order chi connectivity index (χ1) is 21.8. The average molecular weight is 616 g/mol. The second-order valence-electron chi connectivity index (χ2n) is 10.5. The lowest BCUT2D eigenvalue weighted by atomic mass is 9.89. The van der Waals surface area contributed by atoms with Crippen LogP contribution in [0.5, 0.6) is 17.2 Å². The molecule has 1 aromatic heterocycles. The van der Waals surface area contributed by atoms with Crippen LogP contribution >= 0.6 is 11.3 Å². The third kappa shape index (κ3) is 5.41. The van der Waals surface area contributed by atoms with Crippen molar-refractivity contribution < 1.29 is 19.0 Å². The highest BCUT2D eigenvalue weighted by atomic mass is 32.1. The Morgan fingerprint density at radius 2 is 1.73 bits per heavy atom. The summed E-state index contributed by atoms with van der Waals surface area (Å²) < 4.78 is 19.5. The third-order valence-electron chi connectivity index (χ3n) is 7.83. The number of Topliss-reactive ketones (excluding diaryl/α,β-unsaturated/α-hetero) is 1. The van der Waals surface area contributed by atoms with Gasteiger partial charge in [-0.05, 0) is 60.5 Å². The number of ether oxygens (including phenoxy) is 3. The zero-order valence-corrected chi connectivity index (χ0v) is 26.0. The number of aromatic nitrogens is 1. The number of methoxy groups -OCH3 is 2. The van der Waals surface area contributed by atoms with Gasteiger partial charge in [0.2, 0.25) is 0 Å². The Kier molecular flexibility index (Phi) is 8.07. The van der Waals surface area contributed by atoms with Crippen LogP contribution in [0.25, 0.3) is 16.8 Å². The fraction of sp³-hybridized carbons (Fsp3) is 0.167. The second kappa shape index (κ2) is 12.3. The molecule has 4 aromatic carbocycles. The molecule has 0 aliphatic carbocycles. The number of hydrogen-bond donors (Lipinski definition) is 0. The van der Waals surface area contributed by atoms with Gasteiger partial charge in [-0.2, -0.15) is 5.26 Å². The van der Waals surface area contributed by atoms with E-state index in [9.17, 15) is 14.9 Å². The molecule has 0 radical (unpaired) electrons. The zero-order chi connectivity index (χ0) is 31.7. The molecule has 0 bridgehead atoms. The van der Waals surface area contributed by atoms with Crippen LogP contribution in [0.3, 0.4) is 0 Å². The number of ketones is 1. The topological polar surface area (TPSA) is 103 Å². The summed E-state index contributed by atoms with van der Waals surface area (Å²) in [7, 11) is 3.14. The van der Waals surface area contributed by atoms with Gasteiger partial charge in [0.15, 0.2) is 22.1 Å². The van der Waals surface area contributed by atoms with Crippen molar-refractivity contribution in [1.82, 2.24) is 4.57 Å². The summed E-state index contributed by atoms with van der Waals surface area (Å²) in [5.74, 6) is 1.41. The monoisotopic (exact) mass is 615 g/mol. The van der Waals surface area contributed by atoms with Gasteiger partial charge in [-0.3, -0.25) is 14.2 Å². The summed E-state index contributed by atoms with van der Waals surface area (Å²) in [6.07, 6.45) is 1.78. The van der Waals surface area contributed by atoms with E-state index in [-0.39, 0.29) is 17.9 Å². The van der Waals surface area contributed by atoms with Gasteiger partial charge in [-0.15, -0.1) is 0 Å². The lowest BCUT2D eigenvalue weighted by Gasteiger charge is -2.27. The number of carbonyl (C=O) groups excluding carboxylic acids is 1. The lowest BCUT2D eigenvalue weighted by molar-refractivity contribution is -0.114. The highest BCUT2D eigenvalue weighted by Crippen LogP contribution is 2.40. The smallest absolute Gasteiger partial charge is 0.271 e. The number of fused-ring (bicyclic) bond motifs is 2. The van der Waals surface area contributed by atoms with Gasteiger partial charge in [0, 0.05) is 22.4 Å². The van der Waals surface area contributed by atoms with Crippen molar-refractivity contribution >= 4 is 34.0 Å². The molecule has 0 saturated carbocycles. The van der Waals surface area contributed by atoms with Crippen molar-refractivity contribution in [2.45, 2.75) is 26.5 Å². The number of carbonyl (C=O) groups is 1. The predicted molar refractivity (Wildman–Crippen MR) is 173 cm³/mol. The summed E-state index contributed by atoms with van der Waals surface area (Å²) in [6.45, 7) is 3.51. The number of nitriles is 1. The van der Waals surface area contributed by atoms with Gasteiger partial charge in [0.25, 0.3) is 5.56 Å². The van der Waals surface area contributed by atoms with Crippen molar-refractivity contribution in [3.63, 3.8) is 0 Å². The SMILES string of the molecule is COc1cc(/C=c2/sc3n(c2=O)C(c2c(OC)ccc4ccccc24)C(C(C)=O)=C(C)N=3)ccc1OCc1ccccc1C#N. The first kappa shape index (κ1) is 29.6. The van der Waals surface area contributed by atoms with Crippen molar-refractivity contribution in [3.8, 4) is 23.3 Å². The molecule has 224 valence electrons. The fourth-order valence-electron chi connectivity index (χ4n) is 5.73. The van der Waals surface area contributed by atoms with Crippen molar-refractivity contribution in [3.05, 3.63) is 132 Å². The molecule has 0 saturated heterocycles. The molecule has 9 heteroatoms. The van der Waals surface area contributed by atoms with Crippen molar-refractivity contribution in [2.75, 3.05) is 14.2 Å². The lowest BCUT2D eigenvalue weighted by Crippen LogP contribution is -2.39. The number of benzene rings is 4. The molecule has 8 nitrogen and oxygen atoms in total. The predicted octanol–water partition coefficient (Wildman–Crippen LogP) is 5.45. The minimum Gasteiger partial charge on any atom is -0.496 e. The molecule has 0 amide bonds. The van der Waals surface area contributed by atoms with Crippen LogP contribution in [-0.4, -0.2) is 24.6 Å². The largest absolute Gasteiger partial charge is 0.496 e. The van der Waals surface area contributed by atoms with E-state index in [0.717, 1.165) is 27.5 Å². The maximum absolute atomic E-state index is 14.2. The van der Waals surface area contributed by atoms with E-state index in [1.807, 2.05) is 60.7 Å². The molecule has 0 spiro atoms. The number of hydrogen-bond acceptors (Lipinski definition) is 8. The van der Waals surface area contributed by atoms with Crippen LogP contribution in [0.15, 0.2) is 99.9 Å². The molecule has 0 fully saturated rings. The number of rotatable bonds is 8. The summed E-state index contributed by atoms with van der Waals surface area (Å²) in [6, 6.07) is 25.8. The summed E-state index contributed by atoms with van der Waals surface area (Å²) in [5, 5.41) is 11.3. The van der Waals surface area contributed by atoms with Crippen LogP contribution in [-0.2, 0) is 11.4 Å². The van der Waals surface area contributed by atoms with E-state index in [0.29, 0.717) is 43.4 Å². The Morgan fingerprint density at radius 1 is 1.00 bits per heavy atom. The van der Waals surface area contributed by atoms with E-state index >= 15 is 0 Å². The molecule has 1 unspecified atom stereocenters. The molecule has 5 aromatic rings. The second-order valence-corrected chi connectivity index (χ2v) is 11.5. The molecule has 1 atom stereocenters. The maximum Gasteiger partial charge on any atom is 0.271 e. The third-order valence-corrected chi connectivity index (χ3v) is 8.81. The van der Waals surface area contributed by atoms with E-state index in [1.165, 1.54) is 18.3 Å². The number of allylic oxidation sites excluding steroid dienone is 2. The average Bonchev–Trinajstić information content (AvgIpc) is 3.36. The van der Waals surface area contributed by atoms with E-state index in [1.54, 1.807) is 50.0 Å². The molecule has 1 aliphatic rings. The first-order valence-electron chi connectivity index (χ1n) is 14.2. The van der Waals surface area contributed by atoms with E-state index in [4.69, 9.17) is 19.2 Å². The Hall–Kier alpha value is -5.46. The van der Waals surface area contributed by atoms with Gasteiger partial charge in [-0.25, -0.2) is 4.99 Å². The standard InChI is InChI=1S/C36H29N3O5S/c1-21-32(22(2)40)34(33-27-12-8-7-9-24(27)14-16-29(33)42-3)39-35(41)31(45-36(39)38-21)18-23-13-15-28(30(17-23)43-4)44-20-26-11-6-5-10-25(26)19-37/h5-18,34H,20H2,1-4H3/b31-18+. The summed E-state index contributed by atoms with van der Waals surface area (Å²) >= 11 is 1.26. The van der Waals surface area contributed by atoms with Gasteiger partial charge in [0.05, 0.1) is 36.4 Å². The molecule has 2 heterocycles.